The van der Waals surface area contributed by atoms with Gasteiger partial charge in [-0.2, -0.15) is 0 Å². The third-order valence-corrected chi connectivity index (χ3v) is 7.47. The first-order chi connectivity index (χ1) is 22.8. The molecule has 1 rings (SSSR count). The number of unbranched alkanes of at least 4 members (excludes halogenated alkanes) is 3. The van der Waals surface area contributed by atoms with E-state index in [0.29, 0.717) is 25.8 Å². The number of aliphatic hydroxyl groups excluding tert-OH is 1. The van der Waals surface area contributed by atoms with E-state index in [1.807, 2.05) is 6.92 Å². The summed E-state index contributed by atoms with van der Waals surface area (Å²) in [6.07, 6.45) is 3.18. The highest BCUT2D eigenvalue weighted by molar-refractivity contribution is 6.43. The predicted octanol–water partition coefficient (Wildman–Crippen LogP) is -2.35. The summed E-state index contributed by atoms with van der Waals surface area (Å²) < 4.78 is 0. The van der Waals surface area contributed by atoms with Crippen LogP contribution in [-0.4, -0.2) is 101 Å². The first-order valence-corrected chi connectivity index (χ1v) is 16.3. The molecule has 268 valence electrons. The molecule has 0 aliphatic heterocycles. The SMILES string of the molecule is CCCC[C@H](NC(=O)[C@H](CCC(N)=O)NC(=O)[C@H](CO)NC(=O)[C@H](C)NC(=O)CCCCCN)C(=O)N[C@H](Cc1ccccc1)B(O)O. The summed E-state index contributed by atoms with van der Waals surface area (Å²) >= 11 is 0. The van der Waals surface area contributed by atoms with E-state index >= 15 is 0 Å². The number of carbonyl (C=O) groups excluding carboxylic acids is 6. The van der Waals surface area contributed by atoms with Gasteiger partial charge in [0, 0.05) is 12.8 Å². The van der Waals surface area contributed by atoms with Crippen LogP contribution in [0.15, 0.2) is 30.3 Å². The van der Waals surface area contributed by atoms with Crippen LogP contribution in [0.5, 0.6) is 0 Å². The molecule has 0 radical (unpaired) electrons. The van der Waals surface area contributed by atoms with Crippen LogP contribution in [0, 0.1) is 0 Å². The quantitative estimate of drug-likeness (QED) is 0.0411. The zero-order valence-corrected chi connectivity index (χ0v) is 27.8. The largest absolute Gasteiger partial charge is 0.475 e. The molecule has 6 amide bonds. The van der Waals surface area contributed by atoms with E-state index in [2.05, 4.69) is 26.6 Å². The summed E-state index contributed by atoms with van der Waals surface area (Å²) in [7, 11) is -1.90. The molecule has 0 aliphatic rings. The lowest BCUT2D eigenvalue weighted by atomic mass is 9.75. The van der Waals surface area contributed by atoms with Crippen molar-refractivity contribution in [1.29, 1.82) is 0 Å². The van der Waals surface area contributed by atoms with Gasteiger partial charge in [0.2, 0.25) is 35.4 Å². The number of hydrogen-bond donors (Lipinski definition) is 10. The minimum atomic E-state index is -1.90. The number of benzene rings is 1. The third-order valence-electron chi connectivity index (χ3n) is 7.47. The average molecular weight is 678 g/mol. The van der Waals surface area contributed by atoms with Gasteiger partial charge in [-0.3, -0.25) is 28.8 Å². The van der Waals surface area contributed by atoms with Crippen molar-refractivity contribution in [3.63, 3.8) is 0 Å². The van der Waals surface area contributed by atoms with Crippen LogP contribution in [0.2, 0.25) is 0 Å². The van der Waals surface area contributed by atoms with Crippen LogP contribution in [0.1, 0.15) is 77.2 Å². The smallest absolute Gasteiger partial charge is 0.426 e. The Bertz CT molecular complexity index is 1180. The van der Waals surface area contributed by atoms with Gasteiger partial charge in [-0.05, 0) is 51.1 Å². The number of nitrogens with two attached hydrogens (primary N) is 2. The molecule has 0 bridgehead atoms. The molecule has 1 aromatic rings. The highest BCUT2D eigenvalue weighted by Gasteiger charge is 2.33. The molecule has 1 aromatic carbocycles. The molecule has 5 atom stereocenters. The van der Waals surface area contributed by atoms with Crippen LogP contribution >= 0.6 is 0 Å². The fraction of sp³-hybridized carbons (Fsp3) is 0.613. The number of rotatable bonds is 24. The second kappa shape index (κ2) is 23.3. The first kappa shape index (κ1) is 42.0. The lowest BCUT2D eigenvalue weighted by Crippen LogP contribution is -2.59. The van der Waals surface area contributed by atoms with E-state index in [-0.39, 0.29) is 38.0 Å². The second-order valence-corrected chi connectivity index (χ2v) is 11.6. The van der Waals surface area contributed by atoms with Gasteiger partial charge in [0.05, 0.1) is 12.5 Å². The molecule has 0 aliphatic carbocycles. The van der Waals surface area contributed by atoms with E-state index in [1.165, 1.54) is 6.92 Å². The molecular weight excluding hydrogens is 625 g/mol. The Morgan fingerprint density at radius 3 is 1.90 bits per heavy atom. The highest BCUT2D eigenvalue weighted by Crippen LogP contribution is 2.08. The second-order valence-electron chi connectivity index (χ2n) is 11.6. The molecule has 0 aromatic heterocycles. The van der Waals surface area contributed by atoms with Gasteiger partial charge in [-0.25, -0.2) is 0 Å². The van der Waals surface area contributed by atoms with E-state index < -0.39 is 73.4 Å². The monoisotopic (exact) mass is 677 g/mol. The molecule has 0 unspecified atom stereocenters. The number of nitrogens with one attached hydrogen (secondary N) is 5. The van der Waals surface area contributed by atoms with E-state index in [4.69, 9.17) is 11.5 Å². The fourth-order valence-electron chi connectivity index (χ4n) is 4.64. The van der Waals surface area contributed by atoms with Crippen molar-refractivity contribution < 1.29 is 43.9 Å². The molecule has 12 N–H and O–H groups in total. The van der Waals surface area contributed by atoms with E-state index in [1.54, 1.807) is 30.3 Å². The van der Waals surface area contributed by atoms with Gasteiger partial charge < -0.3 is 53.2 Å². The van der Waals surface area contributed by atoms with Gasteiger partial charge in [0.25, 0.3) is 0 Å². The van der Waals surface area contributed by atoms with E-state index in [0.717, 1.165) is 18.4 Å². The summed E-state index contributed by atoms with van der Waals surface area (Å²) in [5, 5.41) is 42.1. The Labute approximate surface area is 281 Å². The van der Waals surface area contributed by atoms with Crippen LogP contribution in [0.4, 0.5) is 0 Å². The lowest BCUT2D eigenvalue weighted by molar-refractivity contribution is -0.135. The van der Waals surface area contributed by atoms with Crippen molar-refractivity contribution in [3.05, 3.63) is 35.9 Å². The average Bonchev–Trinajstić information content (AvgIpc) is 3.05. The molecule has 16 nitrogen and oxygen atoms in total. The van der Waals surface area contributed by atoms with Gasteiger partial charge >= 0.3 is 7.12 Å². The lowest BCUT2D eigenvalue weighted by Gasteiger charge is -2.26. The summed E-state index contributed by atoms with van der Waals surface area (Å²) in [5.41, 5.74) is 11.5. The third kappa shape index (κ3) is 16.7. The van der Waals surface area contributed by atoms with Crippen molar-refractivity contribution in [1.82, 2.24) is 26.6 Å². The van der Waals surface area contributed by atoms with Crippen LogP contribution in [-0.2, 0) is 35.2 Å². The fourth-order valence-corrected chi connectivity index (χ4v) is 4.64. The molecular formula is C31H52BN7O9. The number of aliphatic hydroxyl groups is 1. The Balaban J connectivity index is 2.98. The molecule has 0 heterocycles. The molecule has 0 spiro atoms. The maximum absolute atomic E-state index is 13.4. The number of amides is 6. The van der Waals surface area contributed by atoms with Crippen LogP contribution in [0.3, 0.4) is 0 Å². The van der Waals surface area contributed by atoms with Crippen molar-refractivity contribution >= 4 is 42.6 Å². The Morgan fingerprint density at radius 2 is 1.33 bits per heavy atom. The normalized spacial score (nSPS) is 14.0. The molecule has 48 heavy (non-hydrogen) atoms. The van der Waals surface area contributed by atoms with Crippen molar-refractivity contribution in [2.45, 2.75) is 108 Å². The highest BCUT2D eigenvalue weighted by atomic mass is 16.4. The van der Waals surface area contributed by atoms with Crippen molar-refractivity contribution in [2.75, 3.05) is 13.2 Å². The standard InChI is InChI=1S/C31H52BN7O9/c1-3-4-13-22(30(45)39-25(32(47)48)18-21-11-7-5-8-12-21)36-29(44)23(15-16-26(34)41)37-31(46)24(19-40)38-28(43)20(2)35-27(42)14-9-6-10-17-33/h5,7-8,11-12,20,22-25,40,47-48H,3-4,6,9-10,13-19,33H2,1-2H3,(H2,34,41)(H,35,42)(H,36,44)(H,37,46)(H,38,43)(H,39,45)/t20-,22-,23-,24-,25+/m0/s1. The Morgan fingerprint density at radius 1 is 0.750 bits per heavy atom. The number of carbonyl (C=O) groups is 6. The van der Waals surface area contributed by atoms with Gasteiger partial charge in [-0.15, -0.1) is 0 Å². The van der Waals surface area contributed by atoms with Crippen molar-refractivity contribution in [2.24, 2.45) is 11.5 Å². The van der Waals surface area contributed by atoms with Crippen LogP contribution in [0.25, 0.3) is 0 Å². The summed E-state index contributed by atoms with van der Waals surface area (Å²) in [6, 6.07) is 3.74. The molecule has 0 fully saturated rings. The van der Waals surface area contributed by atoms with Gasteiger partial charge in [-0.1, -0.05) is 56.5 Å². The Kier molecular flexibility index (Phi) is 20.4. The van der Waals surface area contributed by atoms with E-state index in [9.17, 15) is 43.9 Å². The zero-order chi connectivity index (χ0) is 36.1. The minimum Gasteiger partial charge on any atom is -0.426 e. The van der Waals surface area contributed by atoms with Gasteiger partial charge in [0.1, 0.15) is 24.2 Å². The molecule has 0 saturated carbocycles. The van der Waals surface area contributed by atoms with Gasteiger partial charge in [0.15, 0.2) is 0 Å². The molecule has 17 heteroatoms. The van der Waals surface area contributed by atoms with Crippen molar-refractivity contribution in [3.8, 4) is 0 Å². The summed E-state index contributed by atoms with van der Waals surface area (Å²) in [5.74, 6) is -5.48. The number of hydrogen-bond acceptors (Lipinski definition) is 10. The number of primary amides is 1. The summed E-state index contributed by atoms with van der Waals surface area (Å²) in [4.78, 5) is 76.2. The zero-order valence-electron chi connectivity index (χ0n) is 27.8. The Hall–Kier alpha value is -4.06. The predicted molar refractivity (Wildman–Crippen MR) is 178 cm³/mol. The maximum atomic E-state index is 13.4. The minimum absolute atomic E-state index is 0.0986. The summed E-state index contributed by atoms with van der Waals surface area (Å²) in [6.45, 7) is 2.94. The maximum Gasteiger partial charge on any atom is 0.475 e. The topological polar surface area (TPSA) is 275 Å². The molecule has 0 saturated heterocycles. The van der Waals surface area contributed by atoms with Crippen LogP contribution < -0.4 is 38.1 Å². The first-order valence-electron chi connectivity index (χ1n) is 16.3.